The van der Waals surface area contributed by atoms with Gasteiger partial charge in [0, 0.05) is 24.3 Å². The predicted octanol–water partition coefficient (Wildman–Crippen LogP) is 4.66. The van der Waals surface area contributed by atoms with E-state index in [0.29, 0.717) is 6.67 Å². The number of para-hydroxylation sites is 1. The number of hydrogen-bond acceptors (Lipinski definition) is 4. The average molecular weight is 450 g/mol. The fourth-order valence-electron chi connectivity index (χ4n) is 5.15. The van der Waals surface area contributed by atoms with Crippen LogP contribution in [-0.4, -0.2) is 41.7 Å². The molecule has 2 saturated heterocycles. The van der Waals surface area contributed by atoms with Gasteiger partial charge >= 0.3 is 0 Å². The Bertz CT molecular complexity index is 1080. The highest BCUT2D eigenvalue weighted by Gasteiger charge is 2.63. The van der Waals surface area contributed by atoms with Crippen LogP contribution in [0.1, 0.15) is 43.4 Å². The van der Waals surface area contributed by atoms with E-state index in [-0.39, 0.29) is 17.1 Å². The number of hydrogen-bond donors (Lipinski definition) is 0. The third-order valence-corrected chi connectivity index (χ3v) is 8.77. The molecule has 3 heterocycles. The molecular weight excluding hydrogens is 418 g/mol. The lowest BCUT2D eigenvalue weighted by molar-refractivity contribution is -0.124. The molecule has 5 rings (SSSR count). The first-order chi connectivity index (χ1) is 15.3. The van der Waals surface area contributed by atoms with Gasteiger partial charge in [0.15, 0.2) is 0 Å². The Morgan fingerprint density at radius 2 is 1.72 bits per heavy atom. The summed E-state index contributed by atoms with van der Waals surface area (Å²) in [5, 5.41) is -0.288. The van der Waals surface area contributed by atoms with E-state index >= 15 is 0 Å². The second-order valence-corrected chi connectivity index (χ2v) is 11.1. The lowest BCUT2D eigenvalue weighted by atomic mass is 10.00. The van der Waals surface area contributed by atoms with Crippen molar-refractivity contribution in [1.29, 1.82) is 0 Å². The third-order valence-electron chi connectivity index (χ3n) is 7.29. The summed E-state index contributed by atoms with van der Waals surface area (Å²) in [5.74, 6) is 0.733. The van der Waals surface area contributed by atoms with Gasteiger partial charge in [-0.2, -0.15) is 0 Å². The molecule has 2 amide bonds. The standard InChI is InChI=1S/C26H31N3O2S/c1-17-11-13-27(14-12-17)16-28-23-8-6-5-7-22(23)26(25(28)31)29(24(30)20(4)32-26)21-10-9-18(2)19(3)15-21/h5-10,15,17,20H,11-14,16H2,1-4H3/t20-,26+/m1/s1. The van der Waals surface area contributed by atoms with Gasteiger partial charge in [-0.3, -0.25) is 24.3 Å². The molecular formula is C26H31N3O2S. The Hall–Kier alpha value is -2.31. The summed E-state index contributed by atoms with van der Waals surface area (Å²) in [6, 6.07) is 14.1. The van der Waals surface area contributed by atoms with Crippen LogP contribution in [0.15, 0.2) is 42.5 Å². The maximum absolute atomic E-state index is 14.2. The summed E-state index contributed by atoms with van der Waals surface area (Å²) in [6.45, 7) is 10.9. The topological polar surface area (TPSA) is 43.9 Å². The Morgan fingerprint density at radius 1 is 1.00 bits per heavy atom. The predicted molar refractivity (Wildman–Crippen MR) is 131 cm³/mol. The molecule has 3 aliphatic heterocycles. The van der Waals surface area contributed by atoms with Crippen LogP contribution in [0.25, 0.3) is 0 Å². The number of carbonyl (C=O) groups excluding carboxylic acids is 2. The molecule has 3 aliphatic rings. The highest BCUT2D eigenvalue weighted by Crippen LogP contribution is 2.57. The van der Waals surface area contributed by atoms with Gasteiger partial charge in [0.2, 0.25) is 10.8 Å². The molecule has 2 atom stereocenters. The third kappa shape index (κ3) is 3.19. The summed E-state index contributed by atoms with van der Waals surface area (Å²) in [6.07, 6.45) is 2.32. The Labute approximate surface area is 194 Å². The van der Waals surface area contributed by atoms with E-state index in [1.54, 1.807) is 4.90 Å². The molecule has 32 heavy (non-hydrogen) atoms. The molecule has 5 nitrogen and oxygen atoms in total. The van der Waals surface area contributed by atoms with E-state index in [4.69, 9.17) is 0 Å². The SMILES string of the molecule is Cc1ccc(N2C(=O)[C@@H](C)S[C@@]23C(=O)N(CN2CCC(C)CC2)c2ccccc23)cc1C. The van der Waals surface area contributed by atoms with Gasteiger partial charge in [-0.15, -0.1) is 11.8 Å². The number of aryl methyl sites for hydroxylation is 2. The quantitative estimate of drug-likeness (QED) is 0.684. The van der Waals surface area contributed by atoms with Crippen molar-refractivity contribution < 1.29 is 9.59 Å². The first-order valence-electron chi connectivity index (χ1n) is 11.6. The zero-order chi connectivity index (χ0) is 22.6. The van der Waals surface area contributed by atoms with Gasteiger partial charge in [-0.25, -0.2) is 0 Å². The minimum Gasteiger partial charge on any atom is -0.295 e. The normalized spacial score (nSPS) is 26.4. The highest BCUT2D eigenvalue weighted by atomic mass is 32.2. The second-order valence-electron chi connectivity index (χ2n) is 9.54. The van der Waals surface area contributed by atoms with Crippen LogP contribution in [0.5, 0.6) is 0 Å². The minimum atomic E-state index is -1.04. The van der Waals surface area contributed by atoms with E-state index in [9.17, 15) is 9.59 Å². The van der Waals surface area contributed by atoms with Crippen LogP contribution in [0.4, 0.5) is 11.4 Å². The molecule has 0 saturated carbocycles. The number of benzene rings is 2. The van der Waals surface area contributed by atoms with Gasteiger partial charge in [-0.05, 0) is 68.9 Å². The summed E-state index contributed by atoms with van der Waals surface area (Å²) in [7, 11) is 0. The van der Waals surface area contributed by atoms with Crippen LogP contribution >= 0.6 is 11.8 Å². The van der Waals surface area contributed by atoms with Crippen molar-refractivity contribution >= 4 is 35.0 Å². The molecule has 0 N–H and O–H groups in total. The molecule has 2 fully saturated rings. The van der Waals surface area contributed by atoms with Crippen LogP contribution in [-0.2, 0) is 14.5 Å². The number of piperidine rings is 1. The van der Waals surface area contributed by atoms with Gasteiger partial charge in [-0.1, -0.05) is 31.2 Å². The molecule has 168 valence electrons. The molecule has 0 aliphatic carbocycles. The first kappa shape index (κ1) is 21.5. The maximum atomic E-state index is 14.2. The largest absolute Gasteiger partial charge is 0.295 e. The summed E-state index contributed by atoms with van der Waals surface area (Å²) >= 11 is 1.48. The number of thioether (sulfide) groups is 1. The fraction of sp³-hybridized carbons (Fsp3) is 0.462. The molecule has 2 aromatic rings. The van der Waals surface area contributed by atoms with Crippen LogP contribution in [0.2, 0.25) is 0 Å². The van der Waals surface area contributed by atoms with Gasteiger partial charge < -0.3 is 0 Å². The van der Waals surface area contributed by atoms with Gasteiger partial charge in [0.05, 0.1) is 17.6 Å². The van der Waals surface area contributed by atoms with Crippen molar-refractivity contribution in [2.24, 2.45) is 5.92 Å². The Kier molecular flexibility index (Phi) is 5.33. The van der Waals surface area contributed by atoms with Gasteiger partial charge in [0.25, 0.3) is 5.91 Å². The monoisotopic (exact) mass is 449 g/mol. The second kappa shape index (κ2) is 7.92. The number of carbonyl (C=O) groups is 2. The zero-order valence-corrected chi connectivity index (χ0v) is 20.1. The average Bonchev–Trinajstić information content (AvgIpc) is 3.18. The maximum Gasteiger partial charge on any atom is 0.269 e. The summed E-state index contributed by atoms with van der Waals surface area (Å²) < 4.78 is 0. The van der Waals surface area contributed by atoms with E-state index in [1.807, 2.05) is 54.3 Å². The minimum absolute atomic E-state index is 0.00162. The van der Waals surface area contributed by atoms with Crippen molar-refractivity contribution in [2.75, 3.05) is 29.6 Å². The fourth-order valence-corrected chi connectivity index (χ4v) is 6.68. The number of anilines is 2. The van der Waals surface area contributed by atoms with Crippen molar-refractivity contribution in [3.63, 3.8) is 0 Å². The molecule has 0 bridgehead atoms. The van der Waals surface area contributed by atoms with Crippen molar-refractivity contribution in [1.82, 2.24) is 4.90 Å². The Balaban J connectivity index is 1.59. The van der Waals surface area contributed by atoms with E-state index in [0.717, 1.165) is 54.4 Å². The number of fused-ring (bicyclic) bond motifs is 2. The van der Waals surface area contributed by atoms with E-state index in [2.05, 4.69) is 25.7 Å². The lowest BCUT2D eigenvalue weighted by Crippen LogP contribution is -2.52. The smallest absolute Gasteiger partial charge is 0.269 e. The zero-order valence-electron chi connectivity index (χ0n) is 19.3. The molecule has 0 unspecified atom stereocenters. The molecule has 0 aromatic heterocycles. The van der Waals surface area contributed by atoms with Crippen LogP contribution in [0.3, 0.4) is 0 Å². The van der Waals surface area contributed by atoms with E-state index in [1.165, 1.54) is 17.3 Å². The number of amides is 2. The molecule has 1 spiro atoms. The lowest BCUT2D eigenvalue weighted by Gasteiger charge is -2.36. The number of nitrogens with zero attached hydrogens (tertiary/aromatic N) is 3. The molecule has 0 radical (unpaired) electrons. The number of rotatable bonds is 3. The highest BCUT2D eigenvalue weighted by molar-refractivity contribution is 8.03. The summed E-state index contributed by atoms with van der Waals surface area (Å²) in [5.41, 5.74) is 4.95. The van der Waals surface area contributed by atoms with Crippen LogP contribution in [0, 0.1) is 19.8 Å². The molecule has 6 heteroatoms. The van der Waals surface area contributed by atoms with Crippen molar-refractivity contribution in [3.05, 3.63) is 59.2 Å². The van der Waals surface area contributed by atoms with Crippen molar-refractivity contribution in [2.45, 2.75) is 50.7 Å². The van der Waals surface area contributed by atoms with Crippen molar-refractivity contribution in [3.8, 4) is 0 Å². The first-order valence-corrected chi connectivity index (χ1v) is 12.4. The number of likely N-dealkylation sites (tertiary alicyclic amines) is 1. The Morgan fingerprint density at radius 3 is 2.44 bits per heavy atom. The van der Waals surface area contributed by atoms with Crippen LogP contribution < -0.4 is 9.80 Å². The van der Waals surface area contributed by atoms with E-state index < -0.39 is 4.87 Å². The summed E-state index contributed by atoms with van der Waals surface area (Å²) in [4.78, 5) is 32.7. The molecule has 2 aromatic carbocycles. The van der Waals surface area contributed by atoms with Gasteiger partial charge in [0.1, 0.15) is 0 Å².